The zero-order valence-corrected chi connectivity index (χ0v) is 16.1. The van der Waals surface area contributed by atoms with Gasteiger partial charge in [-0.3, -0.25) is 4.99 Å². The van der Waals surface area contributed by atoms with E-state index in [0.29, 0.717) is 12.0 Å². The highest BCUT2D eigenvalue weighted by molar-refractivity contribution is 8.13. The molecule has 1 unspecified atom stereocenters. The van der Waals surface area contributed by atoms with Crippen LogP contribution in [0.3, 0.4) is 0 Å². The molecular formula is C19H34N2S. The molecule has 0 bridgehead atoms. The van der Waals surface area contributed by atoms with E-state index in [0.717, 1.165) is 31.0 Å². The van der Waals surface area contributed by atoms with Gasteiger partial charge < -0.3 is 5.32 Å². The van der Waals surface area contributed by atoms with E-state index in [1.807, 2.05) is 0 Å². The molecular weight excluding hydrogens is 288 g/mol. The second-order valence-electron chi connectivity index (χ2n) is 5.71. The molecule has 0 saturated carbocycles. The number of allylic oxidation sites excluding steroid dienone is 2. The van der Waals surface area contributed by atoms with Crippen LogP contribution < -0.4 is 5.32 Å². The van der Waals surface area contributed by atoms with Crippen molar-refractivity contribution < 1.29 is 0 Å². The lowest BCUT2D eigenvalue weighted by Gasteiger charge is -2.22. The quantitative estimate of drug-likeness (QED) is 0.257. The molecule has 0 aliphatic heterocycles. The Kier molecular flexibility index (Phi) is 12.3. The summed E-state index contributed by atoms with van der Waals surface area (Å²) in [6, 6.07) is 0.427. The molecule has 0 aliphatic carbocycles. The van der Waals surface area contributed by atoms with Gasteiger partial charge in [-0.2, -0.15) is 0 Å². The average Bonchev–Trinajstić information content (AvgIpc) is 2.50. The summed E-state index contributed by atoms with van der Waals surface area (Å²) in [4.78, 5) is 4.73. The van der Waals surface area contributed by atoms with E-state index in [9.17, 15) is 0 Å². The van der Waals surface area contributed by atoms with E-state index >= 15 is 0 Å². The molecule has 2 nitrogen and oxygen atoms in total. The van der Waals surface area contributed by atoms with E-state index in [1.165, 1.54) is 11.1 Å². The molecule has 0 aliphatic rings. The van der Waals surface area contributed by atoms with Gasteiger partial charge >= 0.3 is 0 Å². The Bertz CT molecular complexity index is 408. The number of hydrogen-bond acceptors (Lipinski definition) is 3. The minimum absolute atomic E-state index is 0.427. The highest BCUT2D eigenvalue weighted by Crippen LogP contribution is 2.19. The maximum absolute atomic E-state index is 4.73. The van der Waals surface area contributed by atoms with Crippen molar-refractivity contribution in [3.8, 4) is 0 Å². The normalized spacial score (nSPS) is 16.1. The predicted octanol–water partition coefficient (Wildman–Crippen LogP) is 5.24. The Balaban J connectivity index is 5.23. The number of aliphatic imine (C=N–C) groups is 1. The molecule has 0 aromatic heterocycles. The van der Waals surface area contributed by atoms with E-state index < -0.39 is 0 Å². The molecule has 2 atom stereocenters. The molecule has 0 rings (SSSR count). The van der Waals surface area contributed by atoms with Gasteiger partial charge in [0.15, 0.2) is 0 Å². The highest BCUT2D eigenvalue weighted by atomic mass is 32.2. The Morgan fingerprint density at radius 2 is 2.05 bits per heavy atom. The van der Waals surface area contributed by atoms with Crippen LogP contribution in [0.25, 0.3) is 0 Å². The molecule has 0 radical (unpaired) electrons. The van der Waals surface area contributed by atoms with Crippen LogP contribution >= 0.6 is 11.8 Å². The third kappa shape index (κ3) is 8.60. The van der Waals surface area contributed by atoms with Gasteiger partial charge in [-0.1, -0.05) is 44.2 Å². The first-order valence-corrected chi connectivity index (χ1v) is 9.53. The van der Waals surface area contributed by atoms with Crippen molar-refractivity contribution in [3.05, 3.63) is 36.0 Å². The average molecular weight is 323 g/mol. The summed E-state index contributed by atoms with van der Waals surface area (Å²) in [7, 11) is 0. The minimum Gasteiger partial charge on any atom is -0.310 e. The Morgan fingerprint density at radius 1 is 1.36 bits per heavy atom. The van der Waals surface area contributed by atoms with Gasteiger partial charge in [0.25, 0.3) is 0 Å². The van der Waals surface area contributed by atoms with Gasteiger partial charge in [-0.05, 0) is 45.8 Å². The van der Waals surface area contributed by atoms with Crippen molar-refractivity contribution in [1.82, 2.24) is 5.32 Å². The fourth-order valence-electron chi connectivity index (χ4n) is 2.20. The topological polar surface area (TPSA) is 24.4 Å². The zero-order valence-electron chi connectivity index (χ0n) is 15.3. The van der Waals surface area contributed by atoms with Crippen LogP contribution in [-0.4, -0.2) is 30.4 Å². The van der Waals surface area contributed by atoms with E-state index in [4.69, 9.17) is 4.99 Å². The third-order valence-corrected chi connectivity index (χ3v) is 4.25. The van der Waals surface area contributed by atoms with E-state index in [-0.39, 0.29) is 0 Å². The Hall–Kier alpha value is -0.800. The van der Waals surface area contributed by atoms with Gasteiger partial charge in [0.1, 0.15) is 0 Å². The number of rotatable bonds is 10. The van der Waals surface area contributed by atoms with Crippen LogP contribution in [0.2, 0.25) is 0 Å². The fraction of sp³-hybridized carbons (Fsp3) is 0.632. The number of thioether (sulfide) groups is 1. The summed E-state index contributed by atoms with van der Waals surface area (Å²) in [5, 5.41) is 4.71. The van der Waals surface area contributed by atoms with Gasteiger partial charge in [0, 0.05) is 24.7 Å². The molecule has 0 fully saturated rings. The smallest absolute Gasteiger partial charge is 0.0970 e. The summed E-state index contributed by atoms with van der Waals surface area (Å²) >= 11 is 1.74. The van der Waals surface area contributed by atoms with Gasteiger partial charge in [0.05, 0.1) is 5.04 Å². The lowest BCUT2D eigenvalue weighted by molar-refractivity contribution is 0.438. The second kappa shape index (κ2) is 12.7. The van der Waals surface area contributed by atoms with Crippen molar-refractivity contribution in [2.24, 2.45) is 10.9 Å². The fourth-order valence-corrected chi connectivity index (χ4v) is 2.79. The van der Waals surface area contributed by atoms with Gasteiger partial charge in [-0.25, -0.2) is 0 Å². The van der Waals surface area contributed by atoms with Crippen LogP contribution in [-0.2, 0) is 0 Å². The number of hydrogen-bond donors (Lipinski definition) is 1. The van der Waals surface area contributed by atoms with Crippen LogP contribution in [0.4, 0.5) is 0 Å². The second-order valence-corrected chi connectivity index (χ2v) is 6.51. The zero-order chi connectivity index (χ0) is 17.0. The van der Waals surface area contributed by atoms with Crippen molar-refractivity contribution in [2.75, 3.05) is 19.3 Å². The van der Waals surface area contributed by atoms with E-state index in [1.54, 1.807) is 11.8 Å². The molecule has 0 amide bonds. The van der Waals surface area contributed by atoms with Gasteiger partial charge in [-0.15, -0.1) is 11.8 Å². The van der Waals surface area contributed by atoms with Crippen molar-refractivity contribution in [3.63, 3.8) is 0 Å². The standard InChI is InChI=1S/C19H34N2S/c1-8-11-18(19(22-7)20-12-9-2)13-17(10-3)16(6)21-14-15(4)5/h8,11,13,16-17,21H,4,9-10,12,14H2,1-3,5-7H3/b11-8-,18-13+,20-19?/t16?,17-/m1/s1. The molecule has 0 heterocycles. The Morgan fingerprint density at radius 3 is 2.50 bits per heavy atom. The maximum Gasteiger partial charge on any atom is 0.0970 e. The minimum atomic E-state index is 0.427. The summed E-state index contributed by atoms with van der Waals surface area (Å²) in [6.45, 7) is 16.5. The summed E-state index contributed by atoms with van der Waals surface area (Å²) in [5.41, 5.74) is 2.42. The van der Waals surface area contributed by atoms with Crippen molar-refractivity contribution >= 4 is 16.8 Å². The SMILES string of the molecule is C=C(C)CNC(C)[C@@H](/C=C(\C=C/C)C(=NCCC)SC)CC. The molecule has 126 valence electrons. The first kappa shape index (κ1) is 21.2. The monoisotopic (exact) mass is 322 g/mol. The van der Waals surface area contributed by atoms with E-state index in [2.05, 4.69) is 71.0 Å². The molecule has 1 N–H and O–H groups in total. The highest BCUT2D eigenvalue weighted by Gasteiger charge is 2.14. The lowest BCUT2D eigenvalue weighted by atomic mass is 9.95. The molecule has 0 saturated heterocycles. The maximum atomic E-state index is 4.73. The van der Waals surface area contributed by atoms with Crippen LogP contribution in [0.5, 0.6) is 0 Å². The molecule has 3 heteroatoms. The predicted molar refractivity (Wildman–Crippen MR) is 105 cm³/mol. The molecule has 22 heavy (non-hydrogen) atoms. The number of nitrogens with zero attached hydrogens (tertiary/aromatic N) is 1. The lowest BCUT2D eigenvalue weighted by Crippen LogP contribution is -2.33. The first-order chi connectivity index (χ1) is 10.5. The summed E-state index contributed by atoms with van der Waals surface area (Å²) < 4.78 is 0. The molecule has 0 spiro atoms. The largest absolute Gasteiger partial charge is 0.310 e. The molecule has 0 aromatic carbocycles. The van der Waals surface area contributed by atoms with Crippen LogP contribution in [0.1, 0.15) is 47.5 Å². The molecule has 0 aromatic rings. The summed E-state index contributed by atoms with van der Waals surface area (Å²) in [5.74, 6) is 0.490. The summed E-state index contributed by atoms with van der Waals surface area (Å²) in [6.07, 6.45) is 11.0. The van der Waals surface area contributed by atoms with Crippen LogP contribution in [0, 0.1) is 5.92 Å². The van der Waals surface area contributed by atoms with Crippen molar-refractivity contribution in [2.45, 2.75) is 53.5 Å². The first-order valence-electron chi connectivity index (χ1n) is 8.31. The van der Waals surface area contributed by atoms with Crippen LogP contribution in [0.15, 0.2) is 40.9 Å². The van der Waals surface area contributed by atoms with Crippen molar-refractivity contribution in [1.29, 1.82) is 0 Å². The van der Waals surface area contributed by atoms with Gasteiger partial charge in [0.2, 0.25) is 0 Å². The number of nitrogens with one attached hydrogen (secondary N) is 1. The Labute approximate surface area is 142 Å². The third-order valence-electron chi connectivity index (χ3n) is 3.50.